The number of nitrogens with zero attached hydrogens (tertiary/aromatic N) is 2. The van der Waals surface area contributed by atoms with Crippen molar-refractivity contribution in [1.29, 1.82) is 0 Å². The second-order valence-electron chi connectivity index (χ2n) is 4.02. The molecule has 1 rings (SSSR count). The van der Waals surface area contributed by atoms with E-state index in [2.05, 4.69) is 25.7 Å². The highest BCUT2D eigenvalue weighted by Gasteiger charge is 2.32. The monoisotopic (exact) mass is 214 g/mol. The largest absolute Gasteiger partial charge is 0.343 e. The molecule has 1 atom stereocenters. The van der Waals surface area contributed by atoms with E-state index in [0.717, 1.165) is 19.5 Å². The van der Waals surface area contributed by atoms with Crippen molar-refractivity contribution in [1.82, 2.24) is 9.80 Å². The van der Waals surface area contributed by atoms with Crippen LogP contribution in [0.3, 0.4) is 0 Å². The maximum atomic E-state index is 11.8. The normalized spacial score (nSPS) is 22.7. The van der Waals surface area contributed by atoms with Gasteiger partial charge in [-0.05, 0) is 20.3 Å². The summed E-state index contributed by atoms with van der Waals surface area (Å²) in [6.45, 7) is 12.3. The van der Waals surface area contributed by atoms with Gasteiger partial charge < -0.3 is 4.90 Å². The van der Waals surface area contributed by atoms with Gasteiger partial charge in [0.25, 0.3) is 0 Å². The van der Waals surface area contributed by atoms with Gasteiger partial charge in [-0.2, -0.15) is 0 Å². The smallest absolute Gasteiger partial charge is 0.239 e. The van der Waals surface area contributed by atoms with E-state index in [1.165, 1.54) is 0 Å². The van der Waals surface area contributed by atoms with Crippen LogP contribution in [0.4, 0.5) is 0 Å². The summed E-state index contributed by atoms with van der Waals surface area (Å²) in [5.74, 6) is 0.280. The van der Waals surface area contributed by atoms with E-state index in [1.807, 2.05) is 25.8 Å². The molecule has 0 radical (unpaired) electrons. The van der Waals surface area contributed by atoms with Gasteiger partial charge in [0, 0.05) is 26.2 Å². The first-order valence-corrected chi connectivity index (χ1v) is 6.08. The third kappa shape index (κ3) is 3.49. The van der Waals surface area contributed by atoms with Crippen molar-refractivity contribution in [2.24, 2.45) is 0 Å². The minimum absolute atomic E-state index is 0.110. The van der Waals surface area contributed by atoms with E-state index >= 15 is 0 Å². The van der Waals surface area contributed by atoms with Gasteiger partial charge in [0.15, 0.2) is 0 Å². The maximum Gasteiger partial charge on any atom is 0.239 e. The Hall–Kier alpha value is -0.570. The van der Waals surface area contributed by atoms with Gasteiger partial charge in [-0.15, -0.1) is 0 Å². The highest BCUT2D eigenvalue weighted by molar-refractivity contribution is 5.82. The topological polar surface area (TPSA) is 23.6 Å². The fourth-order valence-corrected chi connectivity index (χ4v) is 1.95. The Morgan fingerprint density at radius 3 is 2.27 bits per heavy atom. The molecule has 90 valence electrons. The molecule has 3 heteroatoms. The van der Waals surface area contributed by atoms with Crippen molar-refractivity contribution in [2.45, 2.75) is 53.1 Å². The van der Waals surface area contributed by atoms with Gasteiger partial charge in [-0.25, -0.2) is 0 Å². The summed E-state index contributed by atoms with van der Waals surface area (Å²) in [6.07, 6.45) is 0.918. The Balaban J connectivity index is 0.000000921. The first-order valence-electron chi connectivity index (χ1n) is 6.08. The average Bonchev–Trinajstić information content (AvgIpc) is 2.24. The molecule has 1 unspecified atom stereocenters. The molecular formula is C12H26N2O. The summed E-state index contributed by atoms with van der Waals surface area (Å²) >= 11 is 0. The number of rotatable bonds is 2. The molecule has 0 aromatic rings. The van der Waals surface area contributed by atoms with Crippen molar-refractivity contribution in [3.05, 3.63) is 0 Å². The third-order valence-electron chi connectivity index (χ3n) is 2.81. The summed E-state index contributed by atoms with van der Waals surface area (Å²) in [5, 5.41) is 0. The fourth-order valence-electron chi connectivity index (χ4n) is 1.95. The highest BCUT2D eigenvalue weighted by Crippen LogP contribution is 2.15. The molecule has 0 saturated carbocycles. The average molecular weight is 214 g/mol. The molecule has 1 amide bonds. The van der Waals surface area contributed by atoms with Crippen LogP contribution in [0.25, 0.3) is 0 Å². The predicted molar refractivity (Wildman–Crippen MR) is 64.9 cm³/mol. The van der Waals surface area contributed by atoms with Crippen LogP contribution in [-0.4, -0.2) is 47.9 Å². The molecule has 1 aliphatic rings. The Labute approximate surface area is 94.4 Å². The molecule has 1 fully saturated rings. The van der Waals surface area contributed by atoms with Crippen molar-refractivity contribution in [3.63, 3.8) is 0 Å². The first-order chi connectivity index (χ1) is 7.07. The molecule has 1 aliphatic heterocycles. The zero-order valence-electron chi connectivity index (χ0n) is 11.1. The number of hydrogen-bond acceptors (Lipinski definition) is 2. The van der Waals surface area contributed by atoms with E-state index in [1.54, 1.807) is 0 Å². The Morgan fingerprint density at radius 1 is 1.33 bits per heavy atom. The van der Waals surface area contributed by atoms with Crippen molar-refractivity contribution >= 4 is 5.91 Å². The summed E-state index contributed by atoms with van der Waals surface area (Å²) in [7, 11) is 1.89. The number of hydrogen-bond donors (Lipinski definition) is 0. The molecule has 0 bridgehead atoms. The minimum atomic E-state index is 0.110. The molecule has 0 spiro atoms. The summed E-state index contributed by atoms with van der Waals surface area (Å²) in [5.41, 5.74) is 0. The molecule has 0 N–H and O–H groups in total. The van der Waals surface area contributed by atoms with Crippen LogP contribution >= 0.6 is 0 Å². The van der Waals surface area contributed by atoms with Gasteiger partial charge in [0.05, 0.1) is 6.04 Å². The SMILES string of the molecule is CC.CCC1C(=O)N(C)CCN1C(C)C. The zero-order chi connectivity index (χ0) is 12.0. The summed E-state index contributed by atoms with van der Waals surface area (Å²) < 4.78 is 0. The Kier molecular flexibility index (Phi) is 6.57. The van der Waals surface area contributed by atoms with Gasteiger partial charge in [-0.1, -0.05) is 20.8 Å². The van der Waals surface area contributed by atoms with E-state index < -0.39 is 0 Å². The number of carbonyl (C=O) groups excluding carboxylic acids is 1. The summed E-state index contributed by atoms with van der Waals surface area (Å²) in [6, 6.07) is 0.585. The number of likely N-dealkylation sites (N-methyl/N-ethyl adjacent to an activating group) is 1. The standard InChI is InChI=1S/C10H20N2O.C2H6/c1-5-9-10(13)11(4)6-7-12(9)8(2)3;1-2/h8-9H,5-7H2,1-4H3;1-2H3. The maximum absolute atomic E-state index is 11.8. The first kappa shape index (κ1) is 14.4. The third-order valence-corrected chi connectivity index (χ3v) is 2.81. The molecule has 1 saturated heterocycles. The Morgan fingerprint density at radius 2 is 1.87 bits per heavy atom. The quantitative estimate of drug-likeness (QED) is 0.701. The molecule has 15 heavy (non-hydrogen) atoms. The van der Waals surface area contributed by atoms with E-state index in [4.69, 9.17) is 0 Å². The Bertz CT molecular complexity index is 192. The van der Waals surface area contributed by atoms with E-state index in [-0.39, 0.29) is 11.9 Å². The number of carbonyl (C=O) groups is 1. The van der Waals surface area contributed by atoms with Crippen LogP contribution < -0.4 is 0 Å². The van der Waals surface area contributed by atoms with Crippen LogP contribution in [0.2, 0.25) is 0 Å². The molecule has 0 aromatic carbocycles. The van der Waals surface area contributed by atoms with Crippen LogP contribution in [0, 0.1) is 0 Å². The predicted octanol–water partition coefficient (Wildman–Crippen LogP) is 1.97. The van der Waals surface area contributed by atoms with Crippen molar-refractivity contribution in [3.8, 4) is 0 Å². The number of amides is 1. The minimum Gasteiger partial charge on any atom is -0.343 e. The second kappa shape index (κ2) is 6.83. The lowest BCUT2D eigenvalue weighted by Gasteiger charge is -2.41. The van der Waals surface area contributed by atoms with Gasteiger partial charge in [0.2, 0.25) is 5.91 Å². The summed E-state index contributed by atoms with van der Waals surface area (Å²) in [4.78, 5) is 15.9. The molecular weight excluding hydrogens is 188 g/mol. The lowest BCUT2D eigenvalue weighted by Crippen LogP contribution is -2.57. The molecule has 0 aliphatic carbocycles. The molecule has 3 nitrogen and oxygen atoms in total. The van der Waals surface area contributed by atoms with Crippen LogP contribution in [-0.2, 0) is 4.79 Å². The van der Waals surface area contributed by atoms with Gasteiger partial charge >= 0.3 is 0 Å². The number of piperazine rings is 1. The van der Waals surface area contributed by atoms with Crippen LogP contribution in [0.15, 0.2) is 0 Å². The second-order valence-corrected chi connectivity index (χ2v) is 4.02. The highest BCUT2D eigenvalue weighted by atomic mass is 16.2. The molecule has 1 heterocycles. The van der Waals surface area contributed by atoms with Crippen LogP contribution in [0.5, 0.6) is 0 Å². The molecule has 0 aromatic heterocycles. The van der Waals surface area contributed by atoms with Crippen LogP contribution in [0.1, 0.15) is 41.0 Å². The lowest BCUT2D eigenvalue weighted by molar-refractivity contribution is -0.141. The van der Waals surface area contributed by atoms with Gasteiger partial charge in [-0.3, -0.25) is 9.69 Å². The van der Waals surface area contributed by atoms with Gasteiger partial charge in [0.1, 0.15) is 0 Å². The van der Waals surface area contributed by atoms with E-state index in [0.29, 0.717) is 6.04 Å². The van der Waals surface area contributed by atoms with Crippen molar-refractivity contribution in [2.75, 3.05) is 20.1 Å². The van der Waals surface area contributed by atoms with Crippen molar-refractivity contribution < 1.29 is 4.79 Å². The van der Waals surface area contributed by atoms with E-state index in [9.17, 15) is 4.79 Å². The fraction of sp³-hybridized carbons (Fsp3) is 0.917. The zero-order valence-corrected chi connectivity index (χ0v) is 11.1. The lowest BCUT2D eigenvalue weighted by atomic mass is 10.1.